The van der Waals surface area contributed by atoms with E-state index in [9.17, 15) is 9.59 Å². The van der Waals surface area contributed by atoms with E-state index in [1.165, 1.54) is 35.1 Å². The second-order valence-electron chi connectivity index (χ2n) is 7.79. The summed E-state index contributed by atoms with van der Waals surface area (Å²) in [6.07, 6.45) is 2.61. The predicted octanol–water partition coefficient (Wildman–Crippen LogP) is 2.03. The smallest absolute Gasteiger partial charge is 0.238 e. The molecule has 2 atom stereocenters. The fourth-order valence-electron chi connectivity index (χ4n) is 4.20. The number of ether oxygens (including phenoxy) is 1. The maximum absolute atomic E-state index is 12.7. The summed E-state index contributed by atoms with van der Waals surface area (Å²) < 4.78 is 5.28. The summed E-state index contributed by atoms with van der Waals surface area (Å²) in [5.74, 6) is 0.642. The van der Waals surface area contributed by atoms with Crippen molar-refractivity contribution in [2.24, 2.45) is 0 Å². The molecular weight excluding hydrogens is 398 g/mol. The number of amides is 2. The van der Waals surface area contributed by atoms with Crippen LogP contribution in [0.25, 0.3) is 0 Å². The molecule has 6 nitrogen and oxygen atoms in total. The number of likely N-dealkylation sites (tertiary alicyclic amines) is 1. The lowest BCUT2D eigenvalue weighted by Gasteiger charge is -2.26. The first-order valence-electron chi connectivity index (χ1n) is 10.5. The highest BCUT2D eigenvalue weighted by Crippen LogP contribution is 2.36. The number of rotatable bonds is 7. The molecule has 0 aromatic heterocycles. The van der Waals surface area contributed by atoms with Gasteiger partial charge in [0.1, 0.15) is 11.8 Å². The Hall–Kier alpha value is -2.51. The molecule has 7 heteroatoms. The quantitative estimate of drug-likeness (QED) is 0.634. The van der Waals surface area contributed by atoms with E-state index in [1.54, 1.807) is 7.11 Å². The molecule has 3 N–H and O–H groups in total. The molecule has 0 saturated carbocycles. The van der Waals surface area contributed by atoms with Crippen LogP contribution in [0.2, 0.25) is 0 Å². The lowest BCUT2D eigenvalue weighted by molar-refractivity contribution is -0.918. The molecule has 2 aromatic carbocycles. The molecule has 0 radical (unpaired) electrons. The summed E-state index contributed by atoms with van der Waals surface area (Å²) in [7, 11) is 1.66. The summed E-state index contributed by atoms with van der Waals surface area (Å²) in [4.78, 5) is 27.6. The monoisotopic (exact) mass is 426 g/mol. The van der Waals surface area contributed by atoms with Crippen LogP contribution < -0.4 is 20.3 Å². The summed E-state index contributed by atoms with van der Waals surface area (Å²) in [5.41, 5.74) is 2.02. The van der Waals surface area contributed by atoms with Gasteiger partial charge < -0.3 is 20.3 Å². The number of carbonyl (C=O) groups is 2. The van der Waals surface area contributed by atoms with Crippen LogP contribution in [-0.2, 0) is 9.59 Å². The Balaban J connectivity index is 1.38. The molecule has 2 aromatic rings. The Morgan fingerprint density at radius 1 is 1.20 bits per heavy atom. The number of anilines is 1. The summed E-state index contributed by atoms with van der Waals surface area (Å²) in [6, 6.07) is 16.0. The minimum Gasteiger partial charge on any atom is -0.497 e. The number of quaternary nitrogens is 1. The number of hydrogen-bond acceptors (Lipinski definition) is 4. The van der Waals surface area contributed by atoms with Crippen molar-refractivity contribution in [3.63, 3.8) is 0 Å². The minimum atomic E-state index is -0.404. The highest BCUT2D eigenvalue weighted by Gasteiger charge is 2.31. The Labute approximate surface area is 181 Å². The van der Waals surface area contributed by atoms with Gasteiger partial charge in [0.15, 0.2) is 0 Å². The van der Waals surface area contributed by atoms with Crippen LogP contribution in [0.3, 0.4) is 0 Å². The summed E-state index contributed by atoms with van der Waals surface area (Å²) in [5, 5.41) is 5.60. The van der Waals surface area contributed by atoms with Crippen LogP contribution in [-0.4, -0.2) is 43.8 Å². The molecule has 2 amide bonds. The zero-order valence-electron chi connectivity index (χ0n) is 17.1. The number of methoxy groups -OCH3 is 1. The van der Waals surface area contributed by atoms with E-state index in [-0.39, 0.29) is 24.3 Å². The molecule has 2 aliphatic rings. The molecular formula is C23H28N3O3S+. The van der Waals surface area contributed by atoms with Crippen LogP contribution in [0.4, 0.5) is 5.69 Å². The molecule has 0 spiro atoms. The van der Waals surface area contributed by atoms with Crippen molar-refractivity contribution in [3.05, 3.63) is 54.1 Å². The van der Waals surface area contributed by atoms with E-state index in [2.05, 4.69) is 22.8 Å². The number of hydrogen-bond donors (Lipinski definition) is 3. The largest absolute Gasteiger partial charge is 0.497 e. The fourth-order valence-corrected chi connectivity index (χ4v) is 5.31. The van der Waals surface area contributed by atoms with Gasteiger partial charge >= 0.3 is 0 Å². The molecule has 1 saturated heterocycles. The highest BCUT2D eigenvalue weighted by atomic mass is 32.2. The third kappa shape index (κ3) is 4.79. The maximum Gasteiger partial charge on any atom is 0.238 e. The zero-order chi connectivity index (χ0) is 20.9. The average Bonchev–Trinajstić information content (AvgIpc) is 3.29. The van der Waals surface area contributed by atoms with Crippen molar-refractivity contribution in [2.75, 3.05) is 32.1 Å². The van der Waals surface area contributed by atoms with E-state index in [0.29, 0.717) is 6.54 Å². The summed E-state index contributed by atoms with van der Waals surface area (Å²) >= 11 is 1.46. The molecule has 30 heavy (non-hydrogen) atoms. The first kappa shape index (κ1) is 20.8. The third-order valence-corrected chi connectivity index (χ3v) is 7.11. The molecule has 0 bridgehead atoms. The zero-order valence-corrected chi connectivity index (χ0v) is 18.0. The van der Waals surface area contributed by atoms with Crippen LogP contribution in [0.15, 0.2) is 53.4 Å². The van der Waals surface area contributed by atoms with Crippen molar-refractivity contribution in [2.45, 2.75) is 35.4 Å². The number of para-hydroxylation sites is 1. The molecule has 2 aliphatic heterocycles. The van der Waals surface area contributed by atoms with Gasteiger partial charge in [0.25, 0.3) is 0 Å². The van der Waals surface area contributed by atoms with Gasteiger partial charge in [-0.25, -0.2) is 0 Å². The third-order valence-electron chi connectivity index (χ3n) is 5.84. The predicted molar refractivity (Wildman–Crippen MR) is 118 cm³/mol. The topological polar surface area (TPSA) is 71.9 Å². The Morgan fingerprint density at radius 3 is 2.67 bits per heavy atom. The van der Waals surface area contributed by atoms with Gasteiger partial charge in [0.2, 0.25) is 11.8 Å². The molecule has 158 valence electrons. The normalized spacial score (nSPS) is 19.6. The van der Waals surface area contributed by atoms with Gasteiger partial charge in [-0.2, -0.15) is 0 Å². The summed E-state index contributed by atoms with van der Waals surface area (Å²) in [6.45, 7) is 2.80. The number of nitrogens with one attached hydrogen (secondary N) is 3. The number of benzene rings is 2. The highest BCUT2D eigenvalue weighted by molar-refractivity contribution is 8.01. The Morgan fingerprint density at radius 2 is 1.93 bits per heavy atom. The fraction of sp³-hybridized carbons (Fsp3) is 0.391. The van der Waals surface area contributed by atoms with Crippen molar-refractivity contribution in [1.82, 2.24) is 5.32 Å². The van der Waals surface area contributed by atoms with Crippen molar-refractivity contribution in [3.8, 4) is 5.75 Å². The molecule has 4 rings (SSSR count). The standard InChI is InChI=1S/C23H27N3O3S/c1-29-17-10-8-16(9-11-17)19(26-12-4-5-13-26)15-24-22(27)14-21-23(28)25-18-6-2-3-7-20(18)30-21/h2-3,6-11,19,21H,4-5,12-15H2,1H3,(H,24,27)(H,25,28)/p+1/t19-,21+/m0/s1. The van der Waals surface area contributed by atoms with E-state index in [0.717, 1.165) is 29.4 Å². The van der Waals surface area contributed by atoms with Crippen molar-refractivity contribution in [1.29, 1.82) is 0 Å². The van der Waals surface area contributed by atoms with Gasteiger partial charge in [-0.1, -0.05) is 12.1 Å². The van der Waals surface area contributed by atoms with Crippen molar-refractivity contribution < 1.29 is 19.2 Å². The molecule has 2 heterocycles. The average molecular weight is 427 g/mol. The first-order chi connectivity index (χ1) is 14.6. The van der Waals surface area contributed by atoms with Crippen LogP contribution >= 0.6 is 11.8 Å². The second kappa shape index (κ2) is 9.53. The molecule has 0 aliphatic carbocycles. The Kier molecular flexibility index (Phi) is 6.59. The van der Waals surface area contributed by atoms with Gasteiger partial charge in [0.05, 0.1) is 37.7 Å². The number of fused-ring (bicyclic) bond motifs is 1. The minimum absolute atomic E-state index is 0.0841. The van der Waals surface area contributed by atoms with Crippen molar-refractivity contribution >= 4 is 29.3 Å². The molecule has 0 unspecified atom stereocenters. The van der Waals surface area contributed by atoms with Crippen LogP contribution in [0.1, 0.15) is 30.9 Å². The van der Waals surface area contributed by atoms with Gasteiger partial charge in [-0.3, -0.25) is 9.59 Å². The maximum atomic E-state index is 12.7. The second-order valence-corrected chi connectivity index (χ2v) is 9.04. The number of carbonyl (C=O) groups excluding carboxylic acids is 2. The van der Waals surface area contributed by atoms with E-state index in [4.69, 9.17) is 4.74 Å². The first-order valence-corrected chi connectivity index (χ1v) is 11.3. The Bertz CT molecular complexity index is 897. The van der Waals surface area contributed by atoms with E-state index < -0.39 is 5.25 Å². The lowest BCUT2D eigenvalue weighted by Crippen LogP contribution is -3.11. The number of thioether (sulfide) groups is 1. The molecule has 1 fully saturated rings. The van der Waals surface area contributed by atoms with Crippen LogP contribution in [0.5, 0.6) is 5.75 Å². The van der Waals surface area contributed by atoms with E-state index >= 15 is 0 Å². The van der Waals surface area contributed by atoms with Gasteiger partial charge in [-0.15, -0.1) is 11.8 Å². The lowest BCUT2D eigenvalue weighted by atomic mass is 10.0. The van der Waals surface area contributed by atoms with Gasteiger partial charge in [-0.05, 0) is 36.4 Å². The van der Waals surface area contributed by atoms with Gasteiger partial charge in [0, 0.05) is 29.7 Å². The van der Waals surface area contributed by atoms with Crippen LogP contribution in [0, 0.1) is 0 Å². The SMILES string of the molecule is COc1ccc([C@H](CNC(=O)C[C@H]2Sc3ccccc3NC2=O)[NH+]2CCCC2)cc1. The van der Waals surface area contributed by atoms with E-state index in [1.807, 2.05) is 36.4 Å².